The second kappa shape index (κ2) is 5.86. The smallest absolute Gasteiger partial charge is 0.185 e. The molecule has 0 aliphatic rings. The van der Waals surface area contributed by atoms with E-state index in [0.717, 1.165) is 23.1 Å². The van der Waals surface area contributed by atoms with E-state index in [1.54, 1.807) is 6.20 Å². The SMILES string of the molecule is NC(N)=NCCCOc1cccc2cccnc12. The average Bonchev–Trinajstić information content (AvgIpc) is 2.38. The van der Waals surface area contributed by atoms with Crippen molar-refractivity contribution in [3.63, 3.8) is 0 Å². The molecule has 0 radical (unpaired) electrons. The summed E-state index contributed by atoms with van der Waals surface area (Å²) in [5, 5.41) is 1.07. The van der Waals surface area contributed by atoms with Crippen molar-refractivity contribution in [2.45, 2.75) is 6.42 Å². The van der Waals surface area contributed by atoms with Gasteiger partial charge in [-0.05, 0) is 12.1 Å². The molecule has 0 unspecified atom stereocenters. The molecule has 5 heteroatoms. The van der Waals surface area contributed by atoms with Crippen LogP contribution in [0.15, 0.2) is 41.5 Å². The molecule has 0 aliphatic heterocycles. The quantitative estimate of drug-likeness (QED) is 0.471. The van der Waals surface area contributed by atoms with Gasteiger partial charge in [0.15, 0.2) is 5.96 Å². The summed E-state index contributed by atoms with van der Waals surface area (Å²) in [5.74, 6) is 0.902. The molecule has 2 aromatic rings. The van der Waals surface area contributed by atoms with Crippen molar-refractivity contribution in [1.29, 1.82) is 0 Å². The summed E-state index contributed by atoms with van der Waals surface area (Å²) in [6.45, 7) is 1.13. The molecule has 0 bridgehead atoms. The monoisotopic (exact) mass is 244 g/mol. The van der Waals surface area contributed by atoms with Crippen molar-refractivity contribution < 1.29 is 4.74 Å². The van der Waals surface area contributed by atoms with Crippen LogP contribution in [0.4, 0.5) is 0 Å². The number of pyridine rings is 1. The molecule has 0 atom stereocenters. The molecule has 1 aromatic heterocycles. The Morgan fingerprint density at radius 3 is 2.89 bits per heavy atom. The minimum atomic E-state index is 0.113. The third kappa shape index (κ3) is 3.10. The molecule has 1 heterocycles. The van der Waals surface area contributed by atoms with Gasteiger partial charge in [-0.2, -0.15) is 0 Å². The number of guanidine groups is 1. The molecule has 0 fully saturated rings. The highest BCUT2D eigenvalue weighted by atomic mass is 16.5. The number of ether oxygens (including phenoxy) is 1. The van der Waals surface area contributed by atoms with Crippen molar-refractivity contribution in [3.05, 3.63) is 36.5 Å². The summed E-state index contributed by atoms with van der Waals surface area (Å²) in [5.41, 5.74) is 11.4. The summed E-state index contributed by atoms with van der Waals surface area (Å²) in [6, 6.07) is 9.79. The lowest BCUT2D eigenvalue weighted by Crippen LogP contribution is -2.23. The highest BCUT2D eigenvalue weighted by Gasteiger charge is 2.01. The molecule has 0 spiro atoms. The molecule has 4 N–H and O–H groups in total. The second-order valence-corrected chi connectivity index (χ2v) is 3.84. The fourth-order valence-electron chi connectivity index (χ4n) is 1.65. The van der Waals surface area contributed by atoms with E-state index in [4.69, 9.17) is 16.2 Å². The van der Waals surface area contributed by atoms with Gasteiger partial charge in [-0.3, -0.25) is 9.98 Å². The Morgan fingerprint density at radius 1 is 1.22 bits per heavy atom. The number of benzene rings is 1. The van der Waals surface area contributed by atoms with E-state index < -0.39 is 0 Å². The van der Waals surface area contributed by atoms with Gasteiger partial charge in [-0.25, -0.2) is 0 Å². The molecule has 0 saturated carbocycles. The standard InChI is InChI=1S/C13H16N4O/c14-13(15)17-8-3-9-18-11-6-1-4-10-5-2-7-16-12(10)11/h1-2,4-7H,3,8-9H2,(H4,14,15,17). The van der Waals surface area contributed by atoms with Crippen molar-refractivity contribution in [2.24, 2.45) is 16.5 Å². The zero-order chi connectivity index (χ0) is 12.8. The maximum absolute atomic E-state index is 5.69. The van der Waals surface area contributed by atoms with Crippen LogP contribution < -0.4 is 16.2 Å². The highest BCUT2D eigenvalue weighted by molar-refractivity contribution is 5.84. The van der Waals surface area contributed by atoms with Gasteiger partial charge >= 0.3 is 0 Å². The van der Waals surface area contributed by atoms with E-state index in [0.29, 0.717) is 13.2 Å². The first-order chi connectivity index (χ1) is 8.77. The minimum Gasteiger partial charge on any atom is -0.491 e. The Hall–Kier alpha value is -2.30. The van der Waals surface area contributed by atoms with Crippen LogP contribution in [-0.2, 0) is 0 Å². The zero-order valence-corrected chi connectivity index (χ0v) is 10.0. The predicted octanol–water partition coefficient (Wildman–Crippen LogP) is 1.28. The van der Waals surface area contributed by atoms with Gasteiger partial charge < -0.3 is 16.2 Å². The first kappa shape index (κ1) is 12.2. The number of aromatic nitrogens is 1. The molecule has 18 heavy (non-hydrogen) atoms. The van der Waals surface area contributed by atoms with Crippen molar-refractivity contribution in [1.82, 2.24) is 4.98 Å². The summed E-state index contributed by atoms with van der Waals surface area (Å²) >= 11 is 0. The maximum atomic E-state index is 5.69. The van der Waals surface area contributed by atoms with Crippen molar-refractivity contribution >= 4 is 16.9 Å². The van der Waals surface area contributed by atoms with Crippen LogP contribution in [0.25, 0.3) is 10.9 Å². The van der Waals surface area contributed by atoms with Crippen LogP contribution in [0.3, 0.4) is 0 Å². The fourth-order valence-corrected chi connectivity index (χ4v) is 1.65. The molecule has 94 valence electrons. The van der Waals surface area contributed by atoms with Gasteiger partial charge in [0.25, 0.3) is 0 Å². The molecule has 0 aliphatic carbocycles. The molecule has 0 amide bonds. The van der Waals surface area contributed by atoms with Crippen LogP contribution in [0.2, 0.25) is 0 Å². The Morgan fingerprint density at radius 2 is 2.06 bits per heavy atom. The second-order valence-electron chi connectivity index (χ2n) is 3.84. The van der Waals surface area contributed by atoms with Gasteiger partial charge in [-0.15, -0.1) is 0 Å². The molecule has 1 aromatic carbocycles. The van der Waals surface area contributed by atoms with Crippen molar-refractivity contribution in [3.8, 4) is 5.75 Å². The number of fused-ring (bicyclic) bond motifs is 1. The first-order valence-corrected chi connectivity index (χ1v) is 5.79. The Kier molecular flexibility index (Phi) is 3.96. The van der Waals surface area contributed by atoms with E-state index in [-0.39, 0.29) is 5.96 Å². The number of para-hydroxylation sites is 1. The average molecular weight is 244 g/mol. The van der Waals surface area contributed by atoms with Crippen LogP contribution >= 0.6 is 0 Å². The summed E-state index contributed by atoms with van der Waals surface area (Å²) < 4.78 is 5.69. The van der Waals surface area contributed by atoms with Crippen LogP contribution in [0, 0.1) is 0 Å². The van der Waals surface area contributed by atoms with Gasteiger partial charge in [0.05, 0.1) is 6.61 Å². The molecule has 2 rings (SSSR count). The van der Waals surface area contributed by atoms with E-state index in [1.807, 2.05) is 30.3 Å². The van der Waals surface area contributed by atoms with Gasteiger partial charge in [0.1, 0.15) is 11.3 Å². The van der Waals surface area contributed by atoms with Crippen LogP contribution in [0.1, 0.15) is 6.42 Å². The number of nitrogens with zero attached hydrogens (tertiary/aromatic N) is 2. The van der Waals surface area contributed by atoms with E-state index in [2.05, 4.69) is 9.98 Å². The number of hydrogen-bond acceptors (Lipinski definition) is 3. The molecular weight excluding hydrogens is 228 g/mol. The molecule has 5 nitrogen and oxygen atoms in total. The summed E-state index contributed by atoms with van der Waals surface area (Å²) in [6.07, 6.45) is 2.52. The topological polar surface area (TPSA) is 86.5 Å². The Bertz CT molecular complexity index is 544. The Labute approximate surface area is 105 Å². The minimum absolute atomic E-state index is 0.113. The number of rotatable bonds is 5. The van der Waals surface area contributed by atoms with Gasteiger partial charge in [0, 0.05) is 24.5 Å². The van der Waals surface area contributed by atoms with E-state index in [1.165, 1.54) is 0 Å². The highest BCUT2D eigenvalue weighted by Crippen LogP contribution is 2.22. The fraction of sp³-hybridized carbons (Fsp3) is 0.231. The third-order valence-electron chi connectivity index (χ3n) is 2.45. The van der Waals surface area contributed by atoms with Crippen molar-refractivity contribution in [2.75, 3.05) is 13.2 Å². The lowest BCUT2D eigenvalue weighted by Gasteiger charge is -2.07. The summed E-state index contributed by atoms with van der Waals surface area (Å²) in [7, 11) is 0. The molecule has 0 saturated heterocycles. The third-order valence-corrected chi connectivity index (χ3v) is 2.45. The summed E-state index contributed by atoms with van der Waals surface area (Å²) in [4.78, 5) is 8.21. The number of nitrogens with two attached hydrogens (primary N) is 2. The molecular formula is C13H16N4O. The first-order valence-electron chi connectivity index (χ1n) is 5.79. The zero-order valence-electron chi connectivity index (χ0n) is 10.0. The van der Waals surface area contributed by atoms with Crippen LogP contribution in [-0.4, -0.2) is 24.1 Å². The van der Waals surface area contributed by atoms with Crippen LogP contribution in [0.5, 0.6) is 5.75 Å². The number of aliphatic imine (C=N–C) groups is 1. The van der Waals surface area contributed by atoms with E-state index in [9.17, 15) is 0 Å². The van der Waals surface area contributed by atoms with Gasteiger partial charge in [0.2, 0.25) is 0 Å². The maximum Gasteiger partial charge on any atom is 0.185 e. The normalized spacial score (nSPS) is 10.2. The Balaban J connectivity index is 1.97. The lowest BCUT2D eigenvalue weighted by atomic mass is 10.2. The predicted molar refractivity (Wildman–Crippen MR) is 72.5 cm³/mol. The van der Waals surface area contributed by atoms with Gasteiger partial charge in [-0.1, -0.05) is 18.2 Å². The van der Waals surface area contributed by atoms with E-state index >= 15 is 0 Å². The number of hydrogen-bond donors (Lipinski definition) is 2. The largest absolute Gasteiger partial charge is 0.491 e. The lowest BCUT2D eigenvalue weighted by molar-refractivity contribution is 0.316.